The van der Waals surface area contributed by atoms with Crippen molar-refractivity contribution in [3.05, 3.63) is 11.6 Å². The van der Waals surface area contributed by atoms with E-state index in [0.717, 1.165) is 25.4 Å². The fourth-order valence-corrected chi connectivity index (χ4v) is 1.60. The molecule has 16 heavy (non-hydrogen) atoms. The van der Waals surface area contributed by atoms with E-state index in [4.69, 9.17) is 0 Å². The molecule has 0 heterocycles. The van der Waals surface area contributed by atoms with Crippen LogP contribution in [0.25, 0.3) is 0 Å². The van der Waals surface area contributed by atoms with E-state index in [1.807, 2.05) is 6.92 Å². The molecule has 0 saturated heterocycles. The fourth-order valence-electron chi connectivity index (χ4n) is 1.60. The molecule has 0 aromatic carbocycles. The third kappa shape index (κ3) is 5.59. The molecule has 3 nitrogen and oxygen atoms in total. The summed E-state index contributed by atoms with van der Waals surface area (Å²) < 4.78 is 0. The van der Waals surface area contributed by atoms with Gasteiger partial charge < -0.3 is 4.79 Å². The Morgan fingerprint density at radius 1 is 1.31 bits per heavy atom. The topological polar surface area (TPSA) is 51.2 Å². The standard InChI is InChI=1S/C13H20O3/c1-3-5-6-13(16)9-12(7-8-14)11(4-2)10-15/h4,8,10,12H,3,5-7,9H2,1-2H3/b11-4-/t12-/m0/s1. The average molecular weight is 224 g/mol. The lowest BCUT2D eigenvalue weighted by Crippen LogP contribution is -2.12. The van der Waals surface area contributed by atoms with Gasteiger partial charge in [-0.2, -0.15) is 0 Å². The second-order valence-electron chi connectivity index (χ2n) is 3.85. The van der Waals surface area contributed by atoms with Crippen LogP contribution >= 0.6 is 0 Å². The predicted molar refractivity (Wildman–Crippen MR) is 63.1 cm³/mol. The number of hydrogen-bond donors (Lipinski definition) is 0. The Morgan fingerprint density at radius 2 is 2.00 bits per heavy atom. The monoisotopic (exact) mass is 224 g/mol. The lowest BCUT2D eigenvalue weighted by molar-refractivity contribution is -0.120. The Bertz CT molecular complexity index is 266. The van der Waals surface area contributed by atoms with Gasteiger partial charge in [-0.15, -0.1) is 0 Å². The smallest absolute Gasteiger partial charge is 0.146 e. The van der Waals surface area contributed by atoms with Crippen molar-refractivity contribution in [2.24, 2.45) is 5.92 Å². The van der Waals surface area contributed by atoms with Gasteiger partial charge in [0.05, 0.1) is 0 Å². The molecule has 1 atom stereocenters. The Labute approximate surface area is 96.9 Å². The minimum atomic E-state index is -0.232. The van der Waals surface area contributed by atoms with Gasteiger partial charge in [0.25, 0.3) is 0 Å². The Morgan fingerprint density at radius 3 is 2.44 bits per heavy atom. The molecule has 0 amide bonds. The second-order valence-corrected chi connectivity index (χ2v) is 3.85. The molecular weight excluding hydrogens is 204 g/mol. The number of hydrogen-bond acceptors (Lipinski definition) is 3. The molecule has 0 saturated carbocycles. The third-order valence-corrected chi connectivity index (χ3v) is 2.60. The summed E-state index contributed by atoms with van der Waals surface area (Å²) in [5, 5.41) is 0. The van der Waals surface area contributed by atoms with Gasteiger partial charge >= 0.3 is 0 Å². The largest absolute Gasteiger partial charge is 0.303 e. The van der Waals surface area contributed by atoms with Gasteiger partial charge in [0.1, 0.15) is 18.4 Å². The summed E-state index contributed by atoms with van der Waals surface area (Å²) >= 11 is 0. The SMILES string of the molecule is C/C=C(/C=O)[C@@H](CC=O)CC(=O)CCCC. The maximum absolute atomic E-state index is 11.6. The zero-order valence-corrected chi connectivity index (χ0v) is 10.1. The first-order valence-electron chi connectivity index (χ1n) is 5.76. The quantitative estimate of drug-likeness (QED) is 0.446. The lowest BCUT2D eigenvalue weighted by atomic mass is 9.90. The first kappa shape index (κ1) is 14.8. The maximum atomic E-state index is 11.6. The van der Waals surface area contributed by atoms with Crippen LogP contribution in [0.1, 0.15) is 46.0 Å². The van der Waals surface area contributed by atoms with Crippen LogP contribution in [0, 0.1) is 5.92 Å². The Kier molecular flexibility index (Phi) is 8.31. The van der Waals surface area contributed by atoms with Crippen LogP contribution in [0.5, 0.6) is 0 Å². The molecule has 0 aromatic heterocycles. The molecule has 0 bridgehead atoms. The molecule has 3 heteroatoms. The van der Waals surface area contributed by atoms with Crippen LogP contribution in [0.15, 0.2) is 11.6 Å². The van der Waals surface area contributed by atoms with Crippen molar-refractivity contribution < 1.29 is 14.4 Å². The summed E-state index contributed by atoms with van der Waals surface area (Å²) in [5.74, 6) is -0.0979. The highest BCUT2D eigenvalue weighted by Crippen LogP contribution is 2.18. The van der Waals surface area contributed by atoms with Crippen molar-refractivity contribution in [3.63, 3.8) is 0 Å². The summed E-state index contributed by atoms with van der Waals surface area (Å²) in [4.78, 5) is 32.8. The van der Waals surface area contributed by atoms with Gasteiger partial charge in [0, 0.05) is 25.2 Å². The van der Waals surface area contributed by atoms with Gasteiger partial charge in [0.15, 0.2) is 0 Å². The van der Waals surface area contributed by atoms with E-state index < -0.39 is 0 Å². The molecule has 0 rings (SSSR count). The van der Waals surface area contributed by atoms with Gasteiger partial charge in [-0.3, -0.25) is 9.59 Å². The lowest BCUT2D eigenvalue weighted by Gasteiger charge is -2.12. The van der Waals surface area contributed by atoms with Crippen molar-refractivity contribution in [2.45, 2.75) is 46.0 Å². The summed E-state index contributed by atoms with van der Waals surface area (Å²) in [6.07, 6.45) is 6.13. The van der Waals surface area contributed by atoms with E-state index in [-0.39, 0.29) is 18.1 Å². The summed E-state index contributed by atoms with van der Waals surface area (Å²) in [7, 11) is 0. The number of unbranched alkanes of at least 4 members (excludes halogenated alkanes) is 1. The minimum Gasteiger partial charge on any atom is -0.303 e. The van der Waals surface area contributed by atoms with Crippen molar-refractivity contribution in [3.8, 4) is 0 Å². The van der Waals surface area contributed by atoms with Crippen LogP contribution < -0.4 is 0 Å². The number of carbonyl (C=O) groups is 3. The average Bonchev–Trinajstić information content (AvgIpc) is 2.28. The van der Waals surface area contributed by atoms with E-state index in [9.17, 15) is 14.4 Å². The maximum Gasteiger partial charge on any atom is 0.146 e. The summed E-state index contributed by atoms with van der Waals surface area (Å²) in [6.45, 7) is 3.77. The minimum absolute atomic E-state index is 0.134. The molecule has 0 radical (unpaired) electrons. The molecule has 90 valence electrons. The van der Waals surface area contributed by atoms with E-state index in [0.29, 0.717) is 18.4 Å². The van der Waals surface area contributed by atoms with Gasteiger partial charge in [-0.1, -0.05) is 19.4 Å². The van der Waals surface area contributed by atoms with Crippen LogP contribution in [-0.2, 0) is 14.4 Å². The van der Waals surface area contributed by atoms with Gasteiger partial charge in [0.2, 0.25) is 0 Å². The van der Waals surface area contributed by atoms with Crippen molar-refractivity contribution in [2.75, 3.05) is 0 Å². The van der Waals surface area contributed by atoms with Crippen LogP contribution in [0.2, 0.25) is 0 Å². The van der Waals surface area contributed by atoms with Crippen molar-refractivity contribution in [1.29, 1.82) is 0 Å². The number of allylic oxidation sites excluding steroid dienone is 2. The zero-order valence-electron chi connectivity index (χ0n) is 10.1. The first-order chi connectivity index (χ1) is 7.69. The van der Waals surface area contributed by atoms with Gasteiger partial charge in [-0.25, -0.2) is 0 Å². The number of Topliss-reactive ketones (excluding diaryl/α,β-unsaturated/α-hetero) is 1. The van der Waals surface area contributed by atoms with E-state index in [2.05, 4.69) is 0 Å². The normalized spacial score (nSPS) is 13.2. The molecule has 0 aliphatic heterocycles. The summed E-state index contributed by atoms with van der Waals surface area (Å²) in [5.41, 5.74) is 0.553. The molecular formula is C13H20O3. The molecule has 0 unspecified atom stereocenters. The summed E-state index contributed by atoms with van der Waals surface area (Å²) in [6, 6.07) is 0. The zero-order chi connectivity index (χ0) is 12.4. The van der Waals surface area contributed by atoms with Crippen LogP contribution in [0.3, 0.4) is 0 Å². The number of carbonyl (C=O) groups excluding carboxylic acids is 3. The number of ketones is 1. The highest BCUT2D eigenvalue weighted by molar-refractivity contribution is 5.82. The fraction of sp³-hybridized carbons (Fsp3) is 0.615. The highest BCUT2D eigenvalue weighted by Gasteiger charge is 2.16. The first-order valence-corrected chi connectivity index (χ1v) is 5.76. The Hall–Kier alpha value is -1.25. The van der Waals surface area contributed by atoms with E-state index in [1.165, 1.54) is 0 Å². The molecule has 0 spiro atoms. The van der Waals surface area contributed by atoms with E-state index in [1.54, 1.807) is 13.0 Å². The molecule has 0 fully saturated rings. The predicted octanol–water partition coefficient (Wildman–Crippen LogP) is 2.49. The molecule has 0 aliphatic carbocycles. The molecule has 0 aliphatic rings. The molecule has 0 N–H and O–H groups in total. The van der Waals surface area contributed by atoms with Crippen molar-refractivity contribution in [1.82, 2.24) is 0 Å². The van der Waals surface area contributed by atoms with Crippen LogP contribution in [-0.4, -0.2) is 18.4 Å². The second kappa shape index (κ2) is 9.01. The number of aldehydes is 2. The molecule has 0 aromatic rings. The van der Waals surface area contributed by atoms with E-state index >= 15 is 0 Å². The Balaban J connectivity index is 4.37. The van der Waals surface area contributed by atoms with Gasteiger partial charge in [-0.05, 0) is 18.9 Å². The highest BCUT2D eigenvalue weighted by atomic mass is 16.1. The third-order valence-electron chi connectivity index (χ3n) is 2.60. The van der Waals surface area contributed by atoms with Crippen molar-refractivity contribution >= 4 is 18.4 Å². The van der Waals surface area contributed by atoms with Crippen LogP contribution in [0.4, 0.5) is 0 Å². The number of rotatable bonds is 9.